The molecule has 0 saturated carbocycles. The van der Waals surface area contributed by atoms with Crippen molar-refractivity contribution in [1.29, 1.82) is 0 Å². The predicted molar refractivity (Wildman–Crippen MR) is 93.0 cm³/mol. The number of fused-ring (bicyclic) bond motifs is 1. The van der Waals surface area contributed by atoms with Crippen molar-refractivity contribution in [3.8, 4) is 11.5 Å². The molecule has 1 atom stereocenters. The van der Waals surface area contributed by atoms with E-state index in [0.29, 0.717) is 18.0 Å². The number of hydrogen-bond donors (Lipinski definition) is 0. The van der Waals surface area contributed by atoms with Crippen LogP contribution in [0.2, 0.25) is 0 Å². The molecule has 5 heteroatoms. The summed E-state index contributed by atoms with van der Waals surface area (Å²) in [6.45, 7) is 2.31. The first-order valence-electron chi connectivity index (χ1n) is 8.52. The van der Waals surface area contributed by atoms with E-state index < -0.39 is 0 Å². The Bertz CT molecular complexity index is 783. The van der Waals surface area contributed by atoms with Gasteiger partial charge in [-0.05, 0) is 41.8 Å². The lowest BCUT2D eigenvalue weighted by Crippen LogP contribution is -2.26. The molecular weight excluding hydrogens is 318 g/mol. The van der Waals surface area contributed by atoms with Crippen LogP contribution in [0.1, 0.15) is 33.8 Å². The minimum atomic E-state index is 0.0124. The van der Waals surface area contributed by atoms with Gasteiger partial charge in [0.25, 0.3) is 5.91 Å². The Morgan fingerprint density at radius 2 is 2.04 bits per heavy atom. The van der Waals surface area contributed by atoms with E-state index in [-0.39, 0.29) is 12.7 Å². The summed E-state index contributed by atoms with van der Waals surface area (Å²) in [6, 6.07) is 13.7. The molecule has 4 rings (SSSR count). The van der Waals surface area contributed by atoms with Crippen molar-refractivity contribution in [3.05, 3.63) is 59.2 Å². The lowest BCUT2D eigenvalue weighted by atomic mass is 9.96. The average Bonchev–Trinajstić information content (AvgIpc) is 3.32. The summed E-state index contributed by atoms with van der Waals surface area (Å²) >= 11 is 0. The fourth-order valence-corrected chi connectivity index (χ4v) is 3.33. The van der Waals surface area contributed by atoms with E-state index in [2.05, 4.69) is 6.07 Å². The van der Waals surface area contributed by atoms with Gasteiger partial charge < -0.3 is 19.1 Å². The highest BCUT2D eigenvalue weighted by molar-refractivity contribution is 5.94. The van der Waals surface area contributed by atoms with Crippen LogP contribution in [0.4, 0.5) is 0 Å². The molecule has 2 heterocycles. The maximum absolute atomic E-state index is 12.8. The predicted octanol–water partition coefficient (Wildman–Crippen LogP) is 3.19. The van der Waals surface area contributed by atoms with Gasteiger partial charge in [-0.25, -0.2) is 0 Å². The molecule has 130 valence electrons. The van der Waals surface area contributed by atoms with E-state index in [9.17, 15) is 4.79 Å². The highest BCUT2D eigenvalue weighted by Crippen LogP contribution is 2.33. The van der Waals surface area contributed by atoms with E-state index in [1.165, 1.54) is 5.56 Å². The van der Waals surface area contributed by atoms with Crippen molar-refractivity contribution < 1.29 is 19.0 Å². The molecule has 25 heavy (non-hydrogen) atoms. The lowest BCUT2D eigenvalue weighted by Gasteiger charge is -2.18. The Kier molecular flexibility index (Phi) is 4.32. The maximum Gasteiger partial charge on any atom is 0.253 e. The molecule has 1 saturated heterocycles. The second kappa shape index (κ2) is 6.76. The third kappa shape index (κ3) is 3.33. The topological polar surface area (TPSA) is 48.0 Å². The summed E-state index contributed by atoms with van der Waals surface area (Å²) < 4.78 is 16.2. The molecule has 1 amide bonds. The number of ether oxygens (including phenoxy) is 3. The molecule has 0 N–H and O–H groups in total. The van der Waals surface area contributed by atoms with Gasteiger partial charge in [0.15, 0.2) is 11.5 Å². The summed E-state index contributed by atoms with van der Waals surface area (Å²) in [5.74, 6) is 1.90. The number of carbonyl (C=O) groups excluding carboxylic acids is 1. The monoisotopic (exact) mass is 339 g/mol. The zero-order valence-electron chi connectivity index (χ0n) is 14.2. The Hall–Kier alpha value is -2.53. The zero-order chi connectivity index (χ0) is 17.2. The van der Waals surface area contributed by atoms with Gasteiger partial charge in [0, 0.05) is 31.7 Å². The van der Waals surface area contributed by atoms with Gasteiger partial charge in [0.2, 0.25) is 6.79 Å². The smallest absolute Gasteiger partial charge is 0.253 e. The SMILES string of the molecule is CN(Cc1ccc2c(c1)OCO2)C(=O)c1cccc([C@@H]2CCOC2)c1. The summed E-state index contributed by atoms with van der Waals surface area (Å²) in [5, 5.41) is 0. The minimum absolute atomic E-state index is 0.0124. The van der Waals surface area contributed by atoms with Crippen LogP contribution in [0, 0.1) is 0 Å². The summed E-state index contributed by atoms with van der Waals surface area (Å²) in [6.07, 6.45) is 1.02. The molecule has 0 spiro atoms. The Balaban J connectivity index is 1.47. The van der Waals surface area contributed by atoms with Gasteiger partial charge in [0.05, 0.1) is 6.61 Å². The van der Waals surface area contributed by atoms with E-state index in [1.54, 1.807) is 4.90 Å². The minimum Gasteiger partial charge on any atom is -0.454 e. The Morgan fingerprint density at radius 1 is 1.16 bits per heavy atom. The van der Waals surface area contributed by atoms with Crippen molar-refractivity contribution in [1.82, 2.24) is 4.90 Å². The van der Waals surface area contributed by atoms with Crippen LogP contribution < -0.4 is 9.47 Å². The molecule has 2 aromatic rings. The van der Waals surface area contributed by atoms with Crippen LogP contribution >= 0.6 is 0 Å². The van der Waals surface area contributed by atoms with Crippen LogP contribution in [-0.2, 0) is 11.3 Å². The molecule has 2 aliphatic heterocycles. The van der Waals surface area contributed by atoms with Crippen LogP contribution in [0.15, 0.2) is 42.5 Å². The molecule has 0 unspecified atom stereocenters. The zero-order valence-corrected chi connectivity index (χ0v) is 14.2. The number of carbonyl (C=O) groups is 1. The third-order valence-corrected chi connectivity index (χ3v) is 4.74. The molecule has 2 aliphatic rings. The summed E-state index contributed by atoms with van der Waals surface area (Å²) in [5.41, 5.74) is 2.91. The van der Waals surface area contributed by atoms with Gasteiger partial charge in [0.1, 0.15) is 0 Å². The second-order valence-corrected chi connectivity index (χ2v) is 6.53. The molecule has 0 bridgehead atoms. The van der Waals surface area contributed by atoms with Crippen molar-refractivity contribution in [2.45, 2.75) is 18.9 Å². The molecule has 0 radical (unpaired) electrons. The fraction of sp³-hybridized carbons (Fsp3) is 0.350. The van der Waals surface area contributed by atoms with E-state index in [0.717, 1.165) is 36.7 Å². The van der Waals surface area contributed by atoms with Crippen molar-refractivity contribution in [3.63, 3.8) is 0 Å². The quantitative estimate of drug-likeness (QED) is 0.858. The summed E-state index contributed by atoms with van der Waals surface area (Å²) in [4.78, 5) is 14.5. The molecule has 0 aliphatic carbocycles. The first-order chi connectivity index (χ1) is 12.2. The van der Waals surface area contributed by atoms with Crippen molar-refractivity contribution >= 4 is 5.91 Å². The number of hydrogen-bond acceptors (Lipinski definition) is 4. The highest BCUT2D eigenvalue weighted by atomic mass is 16.7. The van der Waals surface area contributed by atoms with E-state index in [4.69, 9.17) is 14.2 Å². The number of benzene rings is 2. The average molecular weight is 339 g/mol. The molecule has 2 aromatic carbocycles. The number of rotatable bonds is 4. The third-order valence-electron chi connectivity index (χ3n) is 4.74. The number of amides is 1. The standard InChI is InChI=1S/C20H21NO4/c1-21(11-14-5-6-18-19(9-14)25-13-24-18)20(22)16-4-2-3-15(10-16)17-7-8-23-12-17/h2-6,9-10,17H,7-8,11-13H2,1H3/t17-/m1/s1. The molecular formula is C20H21NO4. The molecule has 0 aromatic heterocycles. The van der Waals surface area contributed by atoms with E-state index in [1.807, 2.05) is 43.4 Å². The highest BCUT2D eigenvalue weighted by Gasteiger charge is 2.20. The second-order valence-electron chi connectivity index (χ2n) is 6.53. The fourth-order valence-electron chi connectivity index (χ4n) is 3.33. The largest absolute Gasteiger partial charge is 0.454 e. The lowest BCUT2D eigenvalue weighted by molar-refractivity contribution is 0.0784. The normalized spacial score (nSPS) is 18.4. The van der Waals surface area contributed by atoms with Gasteiger partial charge >= 0.3 is 0 Å². The Morgan fingerprint density at radius 3 is 2.88 bits per heavy atom. The van der Waals surface area contributed by atoms with Gasteiger partial charge in [-0.2, -0.15) is 0 Å². The van der Waals surface area contributed by atoms with Crippen molar-refractivity contribution in [2.75, 3.05) is 27.1 Å². The maximum atomic E-state index is 12.8. The van der Waals surface area contributed by atoms with Gasteiger partial charge in [-0.1, -0.05) is 18.2 Å². The summed E-state index contributed by atoms with van der Waals surface area (Å²) in [7, 11) is 1.82. The number of nitrogens with zero attached hydrogens (tertiary/aromatic N) is 1. The van der Waals surface area contributed by atoms with Gasteiger partial charge in [-0.15, -0.1) is 0 Å². The first kappa shape index (κ1) is 16.0. The molecule has 1 fully saturated rings. The van der Waals surface area contributed by atoms with Gasteiger partial charge in [-0.3, -0.25) is 4.79 Å². The van der Waals surface area contributed by atoms with Crippen LogP contribution in [0.3, 0.4) is 0 Å². The van der Waals surface area contributed by atoms with Crippen LogP contribution in [0.5, 0.6) is 11.5 Å². The van der Waals surface area contributed by atoms with Crippen LogP contribution in [0.25, 0.3) is 0 Å². The Labute approximate surface area is 147 Å². The molecule has 5 nitrogen and oxygen atoms in total. The van der Waals surface area contributed by atoms with Crippen LogP contribution in [-0.4, -0.2) is 37.9 Å². The van der Waals surface area contributed by atoms with Crippen molar-refractivity contribution in [2.24, 2.45) is 0 Å². The first-order valence-corrected chi connectivity index (χ1v) is 8.52. The van der Waals surface area contributed by atoms with E-state index >= 15 is 0 Å².